The lowest BCUT2D eigenvalue weighted by atomic mass is 11.1. The van der Waals surface area contributed by atoms with Crippen LogP contribution in [0.25, 0.3) is 0 Å². The van der Waals surface area contributed by atoms with Gasteiger partial charge in [-0.15, -0.1) is 0 Å². The maximum atomic E-state index is 10.3. The third-order valence-corrected chi connectivity index (χ3v) is 1.45. The molecule has 0 heterocycles. The molecule has 1 unspecified atom stereocenters. The average Bonchev–Trinajstić information content (AvgIpc) is 1.59. The summed E-state index contributed by atoms with van der Waals surface area (Å²) in [5.41, 5.74) is 0. The van der Waals surface area contributed by atoms with Gasteiger partial charge in [0.1, 0.15) is 0 Å². The Balaban J connectivity index is 3.92. The van der Waals surface area contributed by atoms with E-state index in [1.54, 1.807) is 0 Å². The highest BCUT2D eigenvalue weighted by Gasteiger charge is 1.91. The van der Waals surface area contributed by atoms with Crippen molar-refractivity contribution < 1.29 is 17.2 Å². The van der Waals surface area contributed by atoms with E-state index in [2.05, 4.69) is 0 Å². The van der Waals surface area contributed by atoms with Crippen molar-refractivity contribution in [3.05, 3.63) is 11.6 Å². The fraction of sp³-hybridized carbons (Fsp3) is 0.333. The third-order valence-electron chi connectivity index (χ3n) is 0.484. The van der Waals surface area contributed by atoms with E-state index < -0.39 is 21.1 Å². The van der Waals surface area contributed by atoms with E-state index in [9.17, 15) is 12.6 Å². The fourth-order valence-corrected chi connectivity index (χ4v) is 0.795. The van der Waals surface area contributed by atoms with Crippen LogP contribution in [0.4, 0.5) is 0 Å². The Morgan fingerprint density at radius 1 is 1.60 bits per heavy atom. The molecule has 0 amide bonds. The summed E-state index contributed by atoms with van der Waals surface area (Å²) in [6.07, 6.45) is 1.87. The molecule has 0 aliphatic rings. The van der Waals surface area contributed by atoms with Gasteiger partial charge < -0.3 is 0 Å². The van der Waals surface area contributed by atoms with Crippen LogP contribution in [0.3, 0.4) is 0 Å². The SMILES string of the molecule is CS(=O)(=O)C=CNS(=O)O. The zero-order chi connectivity index (χ0) is 8.20. The molecule has 0 fully saturated rings. The molecular weight excluding hydrogens is 178 g/mol. The lowest BCUT2D eigenvalue weighted by Crippen LogP contribution is -2.07. The van der Waals surface area contributed by atoms with Crippen LogP contribution in [-0.2, 0) is 21.1 Å². The molecule has 0 aliphatic heterocycles. The van der Waals surface area contributed by atoms with E-state index in [0.717, 1.165) is 17.9 Å². The smallest absolute Gasteiger partial charge is 0.258 e. The van der Waals surface area contributed by atoms with Gasteiger partial charge in [-0.2, -0.15) is 0 Å². The molecule has 60 valence electrons. The van der Waals surface area contributed by atoms with Gasteiger partial charge in [0, 0.05) is 17.9 Å². The van der Waals surface area contributed by atoms with Gasteiger partial charge in [0.2, 0.25) is 0 Å². The molecule has 0 spiro atoms. The molecule has 0 aromatic heterocycles. The van der Waals surface area contributed by atoms with Crippen LogP contribution in [0, 0.1) is 0 Å². The van der Waals surface area contributed by atoms with Gasteiger partial charge in [0.25, 0.3) is 11.3 Å². The molecule has 0 radical (unpaired) electrons. The molecular formula is C3H7NO4S2. The van der Waals surface area contributed by atoms with Gasteiger partial charge in [0.15, 0.2) is 9.84 Å². The Morgan fingerprint density at radius 3 is 2.40 bits per heavy atom. The Morgan fingerprint density at radius 2 is 2.10 bits per heavy atom. The van der Waals surface area contributed by atoms with Gasteiger partial charge in [-0.3, -0.25) is 9.27 Å². The van der Waals surface area contributed by atoms with Crippen molar-refractivity contribution in [3.8, 4) is 0 Å². The number of sulfone groups is 1. The third kappa shape index (κ3) is 7.60. The fourth-order valence-electron chi connectivity index (χ4n) is 0.210. The lowest BCUT2D eigenvalue weighted by molar-refractivity contribution is 0.558. The van der Waals surface area contributed by atoms with E-state index in [4.69, 9.17) is 4.55 Å². The van der Waals surface area contributed by atoms with E-state index in [1.165, 1.54) is 0 Å². The summed E-state index contributed by atoms with van der Waals surface area (Å²) in [5, 5.41) is 0.793. The van der Waals surface area contributed by atoms with E-state index >= 15 is 0 Å². The van der Waals surface area contributed by atoms with Gasteiger partial charge in [-0.05, 0) is 0 Å². The molecule has 0 aromatic carbocycles. The summed E-state index contributed by atoms with van der Waals surface area (Å²) in [5.74, 6) is 0. The standard InChI is InChI=1S/C3H7NO4S2/c1-10(7,8)3-2-4-9(5)6/h2-4H,1H3,(H,5,6). The highest BCUT2D eigenvalue weighted by Crippen LogP contribution is 1.82. The van der Waals surface area contributed by atoms with Crippen molar-refractivity contribution >= 4 is 21.1 Å². The number of nitrogens with one attached hydrogen (secondary N) is 1. The van der Waals surface area contributed by atoms with Crippen LogP contribution in [-0.4, -0.2) is 23.4 Å². The van der Waals surface area contributed by atoms with Crippen molar-refractivity contribution in [1.29, 1.82) is 0 Å². The van der Waals surface area contributed by atoms with Crippen molar-refractivity contribution in [2.24, 2.45) is 0 Å². The van der Waals surface area contributed by atoms with Crippen LogP contribution >= 0.6 is 0 Å². The predicted octanol–water partition coefficient (Wildman–Crippen LogP) is -0.771. The van der Waals surface area contributed by atoms with E-state index in [0.29, 0.717) is 0 Å². The first-order valence-corrected chi connectivity index (χ1v) is 5.21. The lowest BCUT2D eigenvalue weighted by Gasteiger charge is -1.88. The second-order valence-corrected chi connectivity index (χ2v) is 4.16. The molecule has 10 heavy (non-hydrogen) atoms. The predicted molar refractivity (Wildman–Crippen MR) is 37.9 cm³/mol. The molecule has 0 bridgehead atoms. The monoisotopic (exact) mass is 185 g/mol. The molecule has 5 nitrogen and oxygen atoms in total. The zero-order valence-electron chi connectivity index (χ0n) is 5.14. The second kappa shape index (κ2) is 3.69. The minimum Gasteiger partial charge on any atom is -0.289 e. The molecule has 0 rings (SSSR count). The summed E-state index contributed by atoms with van der Waals surface area (Å²) < 4.78 is 40.4. The summed E-state index contributed by atoms with van der Waals surface area (Å²) >= 11 is -2.20. The Labute approximate surface area is 61.5 Å². The summed E-state index contributed by atoms with van der Waals surface area (Å²) in [4.78, 5) is 0. The van der Waals surface area contributed by atoms with Crippen LogP contribution in [0.5, 0.6) is 0 Å². The Hall–Kier alpha value is -0.400. The minimum atomic E-state index is -3.21. The first-order chi connectivity index (χ1) is 4.42. The van der Waals surface area contributed by atoms with Crippen LogP contribution in [0.15, 0.2) is 11.6 Å². The molecule has 7 heteroatoms. The number of rotatable bonds is 3. The summed E-state index contributed by atoms with van der Waals surface area (Å²) in [6.45, 7) is 0. The quantitative estimate of drug-likeness (QED) is 0.565. The molecule has 0 saturated heterocycles. The van der Waals surface area contributed by atoms with E-state index in [1.807, 2.05) is 4.72 Å². The first-order valence-electron chi connectivity index (χ1n) is 2.15. The molecule has 1 atom stereocenters. The molecule has 0 aromatic rings. The average molecular weight is 185 g/mol. The van der Waals surface area contributed by atoms with Crippen molar-refractivity contribution in [2.75, 3.05) is 6.26 Å². The normalized spacial score (nSPS) is 15.4. The maximum absolute atomic E-state index is 10.3. The van der Waals surface area contributed by atoms with Crippen molar-refractivity contribution in [2.45, 2.75) is 0 Å². The Kier molecular flexibility index (Phi) is 3.54. The topological polar surface area (TPSA) is 83.5 Å². The maximum Gasteiger partial charge on any atom is 0.258 e. The summed E-state index contributed by atoms with van der Waals surface area (Å²) in [7, 11) is -3.21. The molecule has 0 aliphatic carbocycles. The number of hydrogen-bond acceptors (Lipinski definition) is 3. The summed E-state index contributed by atoms with van der Waals surface area (Å²) in [6, 6.07) is 0. The van der Waals surface area contributed by atoms with Gasteiger partial charge in [-0.1, -0.05) is 0 Å². The van der Waals surface area contributed by atoms with Gasteiger partial charge in [0.05, 0.1) is 0 Å². The van der Waals surface area contributed by atoms with Gasteiger partial charge in [-0.25, -0.2) is 12.6 Å². The van der Waals surface area contributed by atoms with Crippen molar-refractivity contribution in [1.82, 2.24) is 4.72 Å². The highest BCUT2D eigenvalue weighted by molar-refractivity contribution is 7.93. The van der Waals surface area contributed by atoms with Crippen LogP contribution < -0.4 is 4.72 Å². The largest absolute Gasteiger partial charge is 0.289 e. The second-order valence-electron chi connectivity index (χ2n) is 1.50. The van der Waals surface area contributed by atoms with Crippen molar-refractivity contribution in [3.63, 3.8) is 0 Å². The highest BCUT2D eigenvalue weighted by atomic mass is 32.2. The van der Waals surface area contributed by atoms with Gasteiger partial charge >= 0.3 is 0 Å². The Bertz CT molecular complexity index is 241. The van der Waals surface area contributed by atoms with E-state index in [-0.39, 0.29) is 0 Å². The van der Waals surface area contributed by atoms with Crippen LogP contribution in [0.2, 0.25) is 0 Å². The molecule has 2 N–H and O–H groups in total. The first kappa shape index (κ1) is 9.60. The zero-order valence-corrected chi connectivity index (χ0v) is 6.78. The van der Waals surface area contributed by atoms with Crippen LogP contribution in [0.1, 0.15) is 0 Å². The minimum absolute atomic E-state index is 0.793. The molecule has 0 saturated carbocycles. The number of hydrogen-bond donors (Lipinski definition) is 2.